The maximum Gasteiger partial charge on any atom is 0.168 e. The molecule has 1 aromatic heterocycles. The minimum atomic E-state index is 0.275. The Balaban J connectivity index is 1.72. The summed E-state index contributed by atoms with van der Waals surface area (Å²) in [6.07, 6.45) is 4.79. The van der Waals surface area contributed by atoms with Crippen molar-refractivity contribution in [3.05, 3.63) is 5.82 Å². The van der Waals surface area contributed by atoms with Crippen LogP contribution in [0.25, 0.3) is 0 Å². The van der Waals surface area contributed by atoms with Crippen LogP contribution in [0.15, 0.2) is 0 Å². The van der Waals surface area contributed by atoms with Gasteiger partial charge in [0.25, 0.3) is 0 Å². The van der Waals surface area contributed by atoms with E-state index in [2.05, 4.69) is 39.3 Å². The second kappa shape index (κ2) is 7.48. The van der Waals surface area contributed by atoms with Gasteiger partial charge in [-0.15, -0.1) is 5.10 Å². The van der Waals surface area contributed by atoms with E-state index in [-0.39, 0.29) is 6.10 Å². The molecule has 2 fully saturated rings. The number of hydrogen-bond acceptors (Lipinski definition) is 6. The lowest BCUT2D eigenvalue weighted by molar-refractivity contribution is 0.0818. The molecule has 0 N–H and O–H groups in total. The van der Waals surface area contributed by atoms with Crippen LogP contribution in [-0.2, 0) is 11.3 Å². The van der Waals surface area contributed by atoms with Gasteiger partial charge in [-0.3, -0.25) is 4.90 Å². The van der Waals surface area contributed by atoms with Crippen molar-refractivity contribution in [1.82, 2.24) is 30.0 Å². The molecular formula is C15H28N6O. The zero-order valence-corrected chi connectivity index (χ0v) is 13.8. The Labute approximate surface area is 132 Å². The smallest absolute Gasteiger partial charge is 0.168 e. The van der Waals surface area contributed by atoms with E-state index in [9.17, 15) is 0 Å². The van der Waals surface area contributed by atoms with E-state index in [1.165, 1.54) is 0 Å². The molecule has 0 radical (unpaired) electrons. The van der Waals surface area contributed by atoms with Crippen LogP contribution in [0.3, 0.4) is 0 Å². The number of rotatable bonds is 6. The van der Waals surface area contributed by atoms with E-state index in [0.29, 0.717) is 6.04 Å². The first kappa shape index (κ1) is 15.8. The van der Waals surface area contributed by atoms with Crippen molar-refractivity contribution in [2.75, 3.05) is 39.8 Å². The Bertz CT molecular complexity index is 451. The second-order valence-electron chi connectivity index (χ2n) is 6.50. The zero-order valence-electron chi connectivity index (χ0n) is 13.8. The zero-order chi connectivity index (χ0) is 15.4. The van der Waals surface area contributed by atoms with E-state index in [0.717, 1.165) is 70.8 Å². The van der Waals surface area contributed by atoms with Gasteiger partial charge in [0.1, 0.15) is 0 Å². The average molecular weight is 308 g/mol. The Kier molecular flexibility index (Phi) is 5.38. The molecule has 3 rings (SSSR count). The van der Waals surface area contributed by atoms with Gasteiger partial charge in [-0.05, 0) is 36.7 Å². The molecule has 0 spiro atoms. The molecule has 2 atom stereocenters. The summed E-state index contributed by atoms with van der Waals surface area (Å²) in [5.41, 5.74) is 0. The highest BCUT2D eigenvalue weighted by atomic mass is 16.5. The highest BCUT2D eigenvalue weighted by molar-refractivity contribution is 4.95. The summed E-state index contributed by atoms with van der Waals surface area (Å²) in [5.74, 6) is 1.02. The van der Waals surface area contributed by atoms with Crippen molar-refractivity contribution in [1.29, 1.82) is 0 Å². The van der Waals surface area contributed by atoms with Crippen LogP contribution in [0.4, 0.5) is 0 Å². The molecule has 0 aromatic carbocycles. The van der Waals surface area contributed by atoms with Gasteiger partial charge < -0.3 is 9.64 Å². The first-order valence-electron chi connectivity index (χ1n) is 8.58. The molecule has 2 aliphatic heterocycles. The number of nitrogens with zero attached hydrogens (tertiary/aromatic N) is 6. The van der Waals surface area contributed by atoms with Gasteiger partial charge in [-0.2, -0.15) is 0 Å². The molecule has 2 saturated heterocycles. The molecule has 2 aliphatic rings. The minimum Gasteiger partial charge on any atom is -0.376 e. The van der Waals surface area contributed by atoms with Gasteiger partial charge in [-0.25, -0.2) is 4.68 Å². The van der Waals surface area contributed by atoms with Crippen LogP contribution in [-0.4, -0.2) is 75.9 Å². The standard InChI is InChI=1S/C15H28N6O/c1-3-5-14(20-9-7-19(2)8-10-20)15-16-17-18-21(15)12-13-6-4-11-22-13/h13-14H,3-12H2,1-2H3/t13-,14+/m1/s1. The molecule has 124 valence electrons. The third-order valence-electron chi connectivity index (χ3n) is 4.80. The summed E-state index contributed by atoms with van der Waals surface area (Å²) in [4.78, 5) is 4.93. The van der Waals surface area contributed by atoms with Crippen LogP contribution < -0.4 is 0 Å². The summed E-state index contributed by atoms with van der Waals surface area (Å²) in [7, 11) is 2.19. The summed E-state index contributed by atoms with van der Waals surface area (Å²) in [5, 5.41) is 12.5. The maximum atomic E-state index is 5.74. The quantitative estimate of drug-likeness (QED) is 0.779. The van der Waals surface area contributed by atoms with Crippen LogP contribution >= 0.6 is 0 Å². The lowest BCUT2D eigenvalue weighted by Crippen LogP contribution is -2.46. The van der Waals surface area contributed by atoms with Gasteiger partial charge in [0, 0.05) is 32.8 Å². The fourth-order valence-corrected chi connectivity index (χ4v) is 3.44. The fourth-order valence-electron chi connectivity index (χ4n) is 3.44. The number of aromatic nitrogens is 4. The minimum absolute atomic E-state index is 0.275. The SMILES string of the molecule is CCC[C@@H](c1nnnn1C[C@H]1CCCO1)N1CCN(C)CC1. The number of ether oxygens (including phenoxy) is 1. The van der Waals surface area contributed by atoms with E-state index < -0.39 is 0 Å². The van der Waals surface area contributed by atoms with Gasteiger partial charge in [0.2, 0.25) is 0 Å². The maximum absolute atomic E-state index is 5.74. The lowest BCUT2D eigenvalue weighted by atomic mass is 10.1. The molecule has 0 bridgehead atoms. The number of hydrogen-bond donors (Lipinski definition) is 0. The number of tetrazole rings is 1. The molecule has 0 unspecified atom stereocenters. The first-order chi connectivity index (χ1) is 10.8. The van der Waals surface area contributed by atoms with Gasteiger partial charge >= 0.3 is 0 Å². The Morgan fingerprint density at radius 3 is 2.77 bits per heavy atom. The van der Waals surface area contributed by atoms with E-state index in [4.69, 9.17) is 4.74 Å². The van der Waals surface area contributed by atoms with Crippen molar-refractivity contribution in [3.63, 3.8) is 0 Å². The molecule has 22 heavy (non-hydrogen) atoms. The predicted molar refractivity (Wildman–Crippen MR) is 83.5 cm³/mol. The summed E-state index contributed by atoms with van der Waals surface area (Å²) in [6, 6.07) is 0.329. The summed E-state index contributed by atoms with van der Waals surface area (Å²) < 4.78 is 7.72. The highest BCUT2D eigenvalue weighted by Gasteiger charge is 2.29. The van der Waals surface area contributed by atoms with Crippen LogP contribution in [0, 0.1) is 0 Å². The first-order valence-corrected chi connectivity index (χ1v) is 8.58. The molecule has 3 heterocycles. The van der Waals surface area contributed by atoms with Crippen molar-refractivity contribution >= 4 is 0 Å². The van der Waals surface area contributed by atoms with E-state index in [1.807, 2.05) is 4.68 Å². The van der Waals surface area contributed by atoms with Crippen LogP contribution in [0.1, 0.15) is 44.5 Å². The topological polar surface area (TPSA) is 59.3 Å². The van der Waals surface area contributed by atoms with E-state index >= 15 is 0 Å². The normalized spacial score (nSPS) is 25.6. The fraction of sp³-hybridized carbons (Fsp3) is 0.933. The Morgan fingerprint density at radius 2 is 2.09 bits per heavy atom. The summed E-state index contributed by atoms with van der Waals surface area (Å²) >= 11 is 0. The second-order valence-corrected chi connectivity index (χ2v) is 6.50. The van der Waals surface area contributed by atoms with Crippen molar-refractivity contribution in [3.8, 4) is 0 Å². The van der Waals surface area contributed by atoms with Crippen LogP contribution in [0.2, 0.25) is 0 Å². The van der Waals surface area contributed by atoms with Gasteiger partial charge in [0.15, 0.2) is 5.82 Å². The van der Waals surface area contributed by atoms with Crippen molar-refractivity contribution < 1.29 is 4.74 Å². The van der Waals surface area contributed by atoms with Gasteiger partial charge in [-0.1, -0.05) is 13.3 Å². The molecule has 7 nitrogen and oxygen atoms in total. The molecule has 0 saturated carbocycles. The van der Waals surface area contributed by atoms with Crippen LogP contribution in [0.5, 0.6) is 0 Å². The molecule has 7 heteroatoms. The molecule has 1 aromatic rings. The highest BCUT2D eigenvalue weighted by Crippen LogP contribution is 2.25. The molecule has 0 amide bonds. The van der Waals surface area contributed by atoms with Gasteiger partial charge in [0.05, 0.1) is 18.7 Å². The van der Waals surface area contributed by atoms with Crippen molar-refractivity contribution in [2.45, 2.75) is 51.3 Å². The Hall–Kier alpha value is -1.05. The van der Waals surface area contributed by atoms with E-state index in [1.54, 1.807) is 0 Å². The number of piperazine rings is 1. The monoisotopic (exact) mass is 308 g/mol. The average Bonchev–Trinajstić information content (AvgIpc) is 3.18. The Morgan fingerprint density at radius 1 is 1.27 bits per heavy atom. The largest absolute Gasteiger partial charge is 0.376 e. The third kappa shape index (κ3) is 3.64. The summed E-state index contributed by atoms with van der Waals surface area (Å²) in [6.45, 7) is 8.31. The lowest BCUT2D eigenvalue weighted by Gasteiger charge is -2.37. The third-order valence-corrected chi connectivity index (χ3v) is 4.80. The predicted octanol–water partition coefficient (Wildman–Crippen LogP) is 0.941. The molecular weight excluding hydrogens is 280 g/mol. The number of likely N-dealkylation sites (N-methyl/N-ethyl adjacent to an activating group) is 1. The molecule has 0 aliphatic carbocycles. The van der Waals surface area contributed by atoms with Crippen molar-refractivity contribution in [2.24, 2.45) is 0 Å².